The zero-order valence-electron chi connectivity index (χ0n) is 19.4. The van der Waals surface area contributed by atoms with E-state index in [-0.39, 0.29) is 28.4 Å². The van der Waals surface area contributed by atoms with Gasteiger partial charge in [-0.3, -0.25) is 9.59 Å². The van der Waals surface area contributed by atoms with Gasteiger partial charge in [-0.25, -0.2) is 9.97 Å². The predicted molar refractivity (Wildman–Crippen MR) is 122 cm³/mol. The lowest BCUT2D eigenvalue weighted by atomic mass is 10.1. The van der Waals surface area contributed by atoms with Gasteiger partial charge in [0.25, 0.3) is 11.8 Å². The van der Waals surface area contributed by atoms with Crippen molar-refractivity contribution < 1.29 is 32.0 Å². The van der Waals surface area contributed by atoms with E-state index < -0.39 is 29.6 Å². The number of morpholine rings is 1. The van der Waals surface area contributed by atoms with Crippen molar-refractivity contribution in [1.82, 2.24) is 20.4 Å². The van der Waals surface area contributed by atoms with Crippen molar-refractivity contribution in [2.45, 2.75) is 26.1 Å². The van der Waals surface area contributed by atoms with Crippen molar-refractivity contribution >= 4 is 23.3 Å². The first-order valence-corrected chi connectivity index (χ1v) is 11.0. The number of hydrogen-bond donors (Lipinski definition) is 2. The average Bonchev–Trinajstić information content (AvgIpc) is 3.36. The summed E-state index contributed by atoms with van der Waals surface area (Å²) in [4.78, 5) is 35.4. The fourth-order valence-electron chi connectivity index (χ4n) is 3.58. The van der Waals surface area contributed by atoms with Crippen molar-refractivity contribution in [1.29, 1.82) is 0 Å². The maximum Gasteiger partial charge on any atom is 0.416 e. The Morgan fingerprint density at radius 1 is 1.08 bits per heavy atom. The summed E-state index contributed by atoms with van der Waals surface area (Å²) in [6.07, 6.45) is -3.25. The number of aryl methyl sites for hydroxylation is 1. The van der Waals surface area contributed by atoms with Crippen LogP contribution in [-0.4, -0.2) is 53.2 Å². The monoisotopic (exact) mass is 504 g/mol. The smallest absolute Gasteiger partial charge is 0.378 e. The second-order valence-electron chi connectivity index (χ2n) is 8.15. The molecule has 2 N–H and O–H groups in total. The van der Waals surface area contributed by atoms with E-state index in [1.807, 2.05) is 4.90 Å². The van der Waals surface area contributed by atoms with E-state index in [2.05, 4.69) is 25.8 Å². The quantitative estimate of drug-likeness (QED) is 0.524. The summed E-state index contributed by atoms with van der Waals surface area (Å²) < 4.78 is 49.8. The third-order valence-electron chi connectivity index (χ3n) is 5.56. The molecule has 0 unspecified atom stereocenters. The van der Waals surface area contributed by atoms with Crippen LogP contribution < -0.4 is 15.5 Å². The molecule has 1 saturated heterocycles. The van der Waals surface area contributed by atoms with E-state index in [0.29, 0.717) is 32.1 Å². The number of carbonyl (C=O) groups excluding carboxylic acids is 2. The van der Waals surface area contributed by atoms with Gasteiger partial charge in [-0.05, 0) is 31.5 Å². The molecule has 4 rings (SSSR count). The fourth-order valence-corrected chi connectivity index (χ4v) is 3.58. The highest BCUT2D eigenvalue weighted by atomic mass is 19.4. The average molecular weight is 504 g/mol. The van der Waals surface area contributed by atoms with Gasteiger partial charge in [-0.15, -0.1) is 0 Å². The van der Waals surface area contributed by atoms with Gasteiger partial charge in [0.15, 0.2) is 0 Å². The molecule has 36 heavy (non-hydrogen) atoms. The molecule has 0 saturated carbocycles. The Balaban J connectivity index is 1.40. The van der Waals surface area contributed by atoms with Crippen LogP contribution in [0.5, 0.6) is 0 Å². The largest absolute Gasteiger partial charge is 0.416 e. The van der Waals surface area contributed by atoms with E-state index >= 15 is 0 Å². The van der Waals surface area contributed by atoms with Crippen LogP contribution in [0, 0.1) is 6.92 Å². The Morgan fingerprint density at radius 2 is 1.83 bits per heavy atom. The number of nitrogens with one attached hydrogen (secondary N) is 2. The molecular formula is C23H23F3N6O4. The minimum atomic E-state index is -4.55. The minimum Gasteiger partial charge on any atom is -0.378 e. The van der Waals surface area contributed by atoms with Gasteiger partial charge in [0.2, 0.25) is 5.76 Å². The number of ether oxygens (including phenoxy) is 1. The van der Waals surface area contributed by atoms with Crippen molar-refractivity contribution in [3.05, 3.63) is 64.9 Å². The van der Waals surface area contributed by atoms with Gasteiger partial charge in [0, 0.05) is 30.9 Å². The lowest BCUT2D eigenvalue weighted by molar-refractivity contribution is -0.138. The van der Waals surface area contributed by atoms with E-state index in [4.69, 9.17) is 9.26 Å². The van der Waals surface area contributed by atoms with Crippen molar-refractivity contribution in [2.24, 2.45) is 0 Å². The van der Waals surface area contributed by atoms with E-state index in [1.165, 1.54) is 31.5 Å². The zero-order chi connectivity index (χ0) is 25.9. The Kier molecular flexibility index (Phi) is 7.20. The molecule has 1 fully saturated rings. The van der Waals surface area contributed by atoms with Gasteiger partial charge < -0.3 is 24.8 Å². The molecule has 0 aliphatic carbocycles. The summed E-state index contributed by atoms with van der Waals surface area (Å²) in [5.74, 6) is -0.879. The van der Waals surface area contributed by atoms with Gasteiger partial charge in [-0.1, -0.05) is 11.2 Å². The van der Waals surface area contributed by atoms with Crippen LogP contribution in [0.15, 0.2) is 41.2 Å². The molecule has 1 atom stereocenters. The highest BCUT2D eigenvalue weighted by Crippen LogP contribution is 2.33. The summed E-state index contributed by atoms with van der Waals surface area (Å²) in [6, 6.07) is 5.69. The number of aromatic nitrogens is 3. The molecule has 2 amide bonds. The minimum absolute atomic E-state index is 0.0350. The third kappa shape index (κ3) is 5.79. The molecule has 0 bridgehead atoms. The molecule has 10 nitrogen and oxygen atoms in total. The number of nitrogens with zero attached hydrogens (tertiary/aromatic N) is 4. The van der Waals surface area contributed by atoms with E-state index in [9.17, 15) is 22.8 Å². The van der Waals surface area contributed by atoms with Gasteiger partial charge >= 0.3 is 6.18 Å². The molecule has 0 spiro atoms. The number of amides is 2. The second kappa shape index (κ2) is 10.3. The Hall–Kier alpha value is -4.00. The molecule has 13 heteroatoms. The highest BCUT2D eigenvalue weighted by molar-refractivity contribution is 6.02. The lowest BCUT2D eigenvalue weighted by Crippen LogP contribution is -2.37. The van der Waals surface area contributed by atoms with E-state index in [0.717, 1.165) is 6.07 Å². The zero-order valence-corrected chi connectivity index (χ0v) is 19.4. The van der Waals surface area contributed by atoms with Crippen LogP contribution in [0.25, 0.3) is 0 Å². The molecular weight excluding hydrogens is 481 g/mol. The highest BCUT2D eigenvalue weighted by Gasteiger charge is 2.32. The van der Waals surface area contributed by atoms with Crippen LogP contribution in [0.2, 0.25) is 0 Å². The number of alkyl halides is 3. The second-order valence-corrected chi connectivity index (χ2v) is 8.15. The number of halogens is 3. The maximum atomic E-state index is 13.1. The Morgan fingerprint density at radius 3 is 2.56 bits per heavy atom. The van der Waals surface area contributed by atoms with Gasteiger partial charge in [-0.2, -0.15) is 13.2 Å². The molecule has 1 aromatic carbocycles. The lowest BCUT2D eigenvalue weighted by Gasteiger charge is -2.27. The van der Waals surface area contributed by atoms with Crippen molar-refractivity contribution in [3.63, 3.8) is 0 Å². The third-order valence-corrected chi connectivity index (χ3v) is 5.56. The van der Waals surface area contributed by atoms with Crippen LogP contribution in [0.4, 0.5) is 24.7 Å². The topological polar surface area (TPSA) is 122 Å². The summed E-state index contributed by atoms with van der Waals surface area (Å²) in [6.45, 7) is 5.40. The standard InChI is InChI=1S/C23H23F3N6O4/c1-13-3-4-15(9-16(13)23(24,25)26)30-22(34)19-10-17(31-36-19)14(2)29-21(33)18-11-20(28-12-27-18)32-5-7-35-8-6-32/h3-4,9-12,14H,5-8H2,1-2H3,(H,29,33)(H,30,34)/t14-/m0/s1. The first-order chi connectivity index (χ1) is 17.1. The summed E-state index contributed by atoms with van der Waals surface area (Å²) in [5, 5.41) is 8.89. The van der Waals surface area contributed by atoms with Crippen LogP contribution >= 0.6 is 0 Å². The molecule has 190 valence electrons. The number of rotatable bonds is 6. The number of benzene rings is 1. The molecule has 2 aromatic heterocycles. The normalized spacial score (nSPS) is 14.9. The predicted octanol–water partition coefficient (Wildman–Crippen LogP) is 3.37. The van der Waals surface area contributed by atoms with Crippen LogP contribution in [0.3, 0.4) is 0 Å². The number of carbonyl (C=O) groups is 2. The van der Waals surface area contributed by atoms with Crippen LogP contribution in [-0.2, 0) is 10.9 Å². The van der Waals surface area contributed by atoms with E-state index in [1.54, 1.807) is 13.0 Å². The molecule has 0 radical (unpaired) electrons. The van der Waals surface area contributed by atoms with Crippen LogP contribution in [0.1, 0.15) is 50.8 Å². The number of hydrogen-bond acceptors (Lipinski definition) is 8. The maximum absolute atomic E-state index is 13.1. The van der Waals surface area contributed by atoms with Gasteiger partial charge in [0.05, 0.1) is 24.8 Å². The summed E-state index contributed by atoms with van der Waals surface area (Å²) in [7, 11) is 0. The van der Waals surface area contributed by atoms with Crippen molar-refractivity contribution in [2.75, 3.05) is 36.5 Å². The Labute approximate surface area is 203 Å². The molecule has 3 aromatic rings. The fraction of sp³-hybridized carbons (Fsp3) is 0.348. The first kappa shape index (κ1) is 25.1. The number of anilines is 2. The molecule has 3 heterocycles. The Bertz CT molecular complexity index is 1260. The first-order valence-electron chi connectivity index (χ1n) is 11.0. The van der Waals surface area contributed by atoms with Crippen molar-refractivity contribution in [3.8, 4) is 0 Å². The van der Waals surface area contributed by atoms with Gasteiger partial charge in [0.1, 0.15) is 23.5 Å². The summed E-state index contributed by atoms with van der Waals surface area (Å²) >= 11 is 0. The molecule has 1 aliphatic heterocycles. The molecule has 1 aliphatic rings. The SMILES string of the molecule is Cc1ccc(NC(=O)c2cc([C@H](C)NC(=O)c3cc(N4CCOCC4)ncn3)no2)cc1C(F)(F)F. The summed E-state index contributed by atoms with van der Waals surface area (Å²) in [5.41, 5.74) is -0.461.